The van der Waals surface area contributed by atoms with Gasteiger partial charge in [-0.15, -0.1) is 0 Å². The minimum Gasteiger partial charge on any atom is -0.308 e. The average molecular weight is 279 g/mol. The summed E-state index contributed by atoms with van der Waals surface area (Å²) in [5, 5.41) is 8.36. The second-order valence-electron chi connectivity index (χ2n) is 4.50. The molecule has 0 bridgehead atoms. The van der Waals surface area contributed by atoms with Gasteiger partial charge in [0, 0.05) is 18.4 Å². The van der Waals surface area contributed by atoms with E-state index < -0.39 is 0 Å². The molecule has 0 fully saturated rings. The fourth-order valence-electron chi connectivity index (χ4n) is 2.29. The van der Waals surface area contributed by atoms with Gasteiger partial charge >= 0.3 is 0 Å². The molecule has 102 valence electrons. The SMILES string of the molecule is CCCn1ncc(Cl)c1C(NC)c1cccnc1C. The quantitative estimate of drug-likeness (QED) is 0.914. The van der Waals surface area contributed by atoms with Gasteiger partial charge in [-0.25, -0.2) is 0 Å². The highest BCUT2D eigenvalue weighted by Crippen LogP contribution is 2.29. The number of aryl methyl sites for hydroxylation is 2. The highest BCUT2D eigenvalue weighted by Gasteiger charge is 2.22. The summed E-state index contributed by atoms with van der Waals surface area (Å²) in [5.41, 5.74) is 3.13. The summed E-state index contributed by atoms with van der Waals surface area (Å²) in [6, 6.07) is 4.03. The molecule has 0 aromatic carbocycles. The van der Waals surface area contributed by atoms with Crippen LogP contribution in [0.5, 0.6) is 0 Å². The van der Waals surface area contributed by atoms with Gasteiger partial charge in [0.05, 0.1) is 23.0 Å². The largest absolute Gasteiger partial charge is 0.308 e. The van der Waals surface area contributed by atoms with Crippen LogP contribution in [0.4, 0.5) is 0 Å². The first-order valence-corrected chi connectivity index (χ1v) is 6.86. The highest BCUT2D eigenvalue weighted by molar-refractivity contribution is 6.31. The van der Waals surface area contributed by atoms with Gasteiger partial charge in [-0.3, -0.25) is 9.67 Å². The third-order valence-corrected chi connectivity index (χ3v) is 3.48. The lowest BCUT2D eigenvalue weighted by Crippen LogP contribution is -2.23. The monoisotopic (exact) mass is 278 g/mol. The Morgan fingerprint density at radius 2 is 2.26 bits per heavy atom. The van der Waals surface area contributed by atoms with Crippen LogP contribution in [0.3, 0.4) is 0 Å². The molecule has 1 unspecified atom stereocenters. The van der Waals surface area contributed by atoms with Gasteiger partial charge in [0.15, 0.2) is 0 Å². The van der Waals surface area contributed by atoms with Crippen molar-refractivity contribution in [3.8, 4) is 0 Å². The van der Waals surface area contributed by atoms with Crippen molar-refractivity contribution in [3.05, 3.63) is 46.5 Å². The molecule has 0 radical (unpaired) electrons. The second kappa shape index (κ2) is 6.17. The Balaban J connectivity index is 2.48. The van der Waals surface area contributed by atoms with Gasteiger partial charge in [-0.1, -0.05) is 24.6 Å². The van der Waals surface area contributed by atoms with Crippen LogP contribution in [0.25, 0.3) is 0 Å². The van der Waals surface area contributed by atoms with Crippen molar-refractivity contribution < 1.29 is 0 Å². The number of halogens is 1. The van der Waals surface area contributed by atoms with Gasteiger partial charge in [0.2, 0.25) is 0 Å². The molecule has 0 aliphatic heterocycles. The molecule has 0 aliphatic carbocycles. The van der Waals surface area contributed by atoms with Crippen LogP contribution in [0.15, 0.2) is 24.5 Å². The summed E-state index contributed by atoms with van der Waals surface area (Å²) in [6.45, 7) is 5.00. The van der Waals surface area contributed by atoms with Crippen molar-refractivity contribution in [2.24, 2.45) is 0 Å². The second-order valence-corrected chi connectivity index (χ2v) is 4.91. The van der Waals surface area contributed by atoms with E-state index in [0.29, 0.717) is 5.02 Å². The van der Waals surface area contributed by atoms with Crippen LogP contribution in [-0.2, 0) is 6.54 Å². The topological polar surface area (TPSA) is 42.7 Å². The van der Waals surface area contributed by atoms with Crippen molar-refractivity contribution in [2.75, 3.05) is 7.05 Å². The summed E-state index contributed by atoms with van der Waals surface area (Å²) in [6.07, 6.45) is 4.53. The number of hydrogen-bond acceptors (Lipinski definition) is 3. The van der Waals surface area contributed by atoms with Crippen LogP contribution in [0.2, 0.25) is 5.02 Å². The van der Waals surface area contributed by atoms with Crippen LogP contribution in [-0.4, -0.2) is 21.8 Å². The lowest BCUT2D eigenvalue weighted by Gasteiger charge is -2.20. The Morgan fingerprint density at radius 3 is 2.89 bits per heavy atom. The standard InChI is InChI=1S/C14H19ClN4/c1-4-8-19-14(12(15)9-18-19)13(16-3)11-6-5-7-17-10(11)2/h5-7,9,13,16H,4,8H2,1-3H3. The van der Waals surface area contributed by atoms with E-state index in [1.807, 2.05) is 24.7 Å². The highest BCUT2D eigenvalue weighted by atomic mass is 35.5. The summed E-state index contributed by atoms with van der Waals surface area (Å²) in [5.74, 6) is 0. The number of nitrogens with zero attached hydrogens (tertiary/aromatic N) is 3. The minimum absolute atomic E-state index is 0.00949. The van der Waals surface area contributed by atoms with Crippen LogP contribution >= 0.6 is 11.6 Å². The third kappa shape index (κ3) is 2.80. The minimum atomic E-state index is 0.00949. The van der Waals surface area contributed by atoms with E-state index in [0.717, 1.165) is 29.9 Å². The lowest BCUT2D eigenvalue weighted by molar-refractivity contribution is 0.533. The lowest BCUT2D eigenvalue weighted by atomic mass is 10.0. The molecule has 19 heavy (non-hydrogen) atoms. The number of nitrogens with one attached hydrogen (secondary N) is 1. The molecule has 4 nitrogen and oxygen atoms in total. The van der Waals surface area contributed by atoms with Gasteiger partial charge in [0.25, 0.3) is 0 Å². The van der Waals surface area contributed by atoms with E-state index >= 15 is 0 Å². The summed E-state index contributed by atoms with van der Waals surface area (Å²) in [4.78, 5) is 4.35. The molecular weight excluding hydrogens is 260 g/mol. The zero-order chi connectivity index (χ0) is 13.8. The van der Waals surface area contributed by atoms with Gasteiger partial charge in [-0.05, 0) is 32.0 Å². The molecule has 0 saturated heterocycles. The van der Waals surface area contributed by atoms with Crippen LogP contribution in [0.1, 0.15) is 36.3 Å². The molecule has 2 heterocycles. The normalized spacial score (nSPS) is 12.6. The number of hydrogen-bond donors (Lipinski definition) is 1. The smallest absolute Gasteiger partial charge is 0.0837 e. The van der Waals surface area contributed by atoms with Gasteiger partial charge < -0.3 is 5.32 Å². The number of rotatable bonds is 5. The molecule has 2 rings (SSSR count). The molecule has 2 aromatic heterocycles. The number of pyridine rings is 1. The van der Waals surface area contributed by atoms with E-state index in [2.05, 4.69) is 28.4 Å². The molecule has 2 aromatic rings. The zero-order valence-electron chi connectivity index (χ0n) is 11.5. The van der Waals surface area contributed by atoms with Crippen LogP contribution < -0.4 is 5.32 Å². The maximum atomic E-state index is 6.31. The first kappa shape index (κ1) is 14.0. The fourth-order valence-corrected chi connectivity index (χ4v) is 2.54. The van der Waals surface area contributed by atoms with Crippen molar-refractivity contribution in [2.45, 2.75) is 32.9 Å². The molecule has 0 amide bonds. The van der Waals surface area contributed by atoms with E-state index in [-0.39, 0.29) is 6.04 Å². The van der Waals surface area contributed by atoms with Crippen molar-refractivity contribution in [3.63, 3.8) is 0 Å². The molecule has 0 saturated carbocycles. The predicted octanol–water partition coefficient (Wildman–Crippen LogP) is 2.96. The zero-order valence-corrected chi connectivity index (χ0v) is 12.3. The summed E-state index contributed by atoms with van der Waals surface area (Å²) in [7, 11) is 1.93. The molecular formula is C14H19ClN4. The Morgan fingerprint density at radius 1 is 1.47 bits per heavy atom. The fraction of sp³-hybridized carbons (Fsp3) is 0.429. The first-order chi connectivity index (χ1) is 9.19. The summed E-state index contributed by atoms with van der Waals surface area (Å²) >= 11 is 6.31. The van der Waals surface area contributed by atoms with Crippen molar-refractivity contribution in [1.29, 1.82) is 0 Å². The van der Waals surface area contributed by atoms with Crippen molar-refractivity contribution >= 4 is 11.6 Å². The van der Waals surface area contributed by atoms with E-state index in [1.54, 1.807) is 12.4 Å². The molecule has 0 spiro atoms. The maximum absolute atomic E-state index is 6.31. The molecule has 1 atom stereocenters. The molecule has 1 N–H and O–H groups in total. The summed E-state index contributed by atoms with van der Waals surface area (Å²) < 4.78 is 1.97. The van der Waals surface area contributed by atoms with E-state index in [9.17, 15) is 0 Å². The molecule has 0 aliphatic rings. The maximum Gasteiger partial charge on any atom is 0.0837 e. The van der Waals surface area contributed by atoms with Crippen LogP contribution in [0, 0.1) is 6.92 Å². The Kier molecular flexibility index (Phi) is 4.56. The van der Waals surface area contributed by atoms with E-state index in [1.165, 1.54) is 0 Å². The van der Waals surface area contributed by atoms with Crippen molar-refractivity contribution in [1.82, 2.24) is 20.1 Å². The van der Waals surface area contributed by atoms with Gasteiger partial charge in [0.1, 0.15) is 0 Å². The third-order valence-electron chi connectivity index (χ3n) is 3.19. The van der Waals surface area contributed by atoms with E-state index in [4.69, 9.17) is 11.6 Å². The first-order valence-electron chi connectivity index (χ1n) is 6.49. The Bertz CT molecular complexity index is 550. The predicted molar refractivity (Wildman–Crippen MR) is 77.4 cm³/mol. The Hall–Kier alpha value is -1.39. The average Bonchev–Trinajstić information content (AvgIpc) is 2.75. The Labute approximate surface area is 118 Å². The number of aromatic nitrogens is 3. The van der Waals surface area contributed by atoms with Gasteiger partial charge in [-0.2, -0.15) is 5.10 Å². The molecule has 5 heteroatoms.